The zero-order valence-corrected chi connectivity index (χ0v) is 27.7. The second-order valence-electron chi connectivity index (χ2n) is 10.8. The zero-order chi connectivity index (χ0) is 34.9. The molecule has 0 bridgehead atoms. The number of benzene rings is 1. The fourth-order valence-electron chi connectivity index (χ4n) is 3.86. The largest absolute Gasteiger partial charge is 0.447 e. The Morgan fingerprint density at radius 2 is 1.74 bits per heavy atom. The van der Waals surface area contributed by atoms with Gasteiger partial charge < -0.3 is 35.1 Å². The third-order valence-electron chi connectivity index (χ3n) is 5.80. The fraction of sp³-hybridized carbons (Fsp3) is 0.424. The first-order chi connectivity index (χ1) is 21.7. The summed E-state index contributed by atoms with van der Waals surface area (Å²) in [5, 5.41) is 11.5. The number of rotatable bonds is 10. The molecule has 0 unspecified atom stereocenters. The minimum atomic E-state index is -0.853. The highest BCUT2D eigenvalue weighted by Gasteiger charge is 2.22. The Kier molecular flexibility index (Phi) is 16.6. The normalized spacial score (nSPS) is 10.7. The molecule has 0 atom stereocenters. The number of likely N-dealkylation sites (N-methyl/N-ethyl adjacent to an activating group) is 1. The minimum absolute atomic E-state index is 0.0185. The lowest BCUT2D eigenvalue weighted by Crippen LogP contribution is -2.30. The monoisotopic (exact) mass is 641 g/mol. The van der Waals surface area contributed by atoms with Crippen LogP contribution in [0.3, 0.4) is 0 Å². The third kappa shape index (κ3) is 13.4. The van der Waals surface area contributed by atoms with Crippen molar-refractivity contribution in [2.45, 2.75) is 66.0 Å². The van der Waals surface area contributed by atoms with Crippen LogP contribution in [-0.4, -0.2) is 76.1 Å². The molecule has 46 heavy (non-hydrogen) atoms. The van der Waals surface area contributed by atoms with Crippen molar-refractivity contribution in [3.8, 4) is 0 Å². The van der Waals surface area contributed by atoms with Crippen molar-refractivity contribution in [2.24, 2.45) is 5.73 Å². The number of nitrogens with two attached hydrogens (primary N) is 1. The molecule has 3 amide bonds. The molecule has 252 valence electrons. The van der Waals surface area contributed by atoms with Crippen LogP contribution in [-0.2, 0) is 25.6 Å². The van der Waals surface area contributed by atoms with Gasteiger partial charge in [0.25, 0.3) is 5.56 Å². The third-order valence-corrected chi connectivity index (χ3v) is 5.80. The molecule has 13 heteroatoms. The number of hydrogen-bond donors (Lipinski definition) is 3. The number of ether oxygens (including phenoxy) is 2. The smallest absolute Gasteiger partial charge is 0.419 e. The number of aromatic nitrogens is 2. The summed E-state index contributed by atoms with van der Waals surface area (Å²) in [5.41, 5.74) is 4.87. The number of nitrogens with one attached hydrogen (secondary N) is 1. The number of pyridine rings is 1. The Morgan fingerprint density at radius 3 is 2.33 bits per heavy atom. The molecule has 1 aromatic carbocycles. The first kappa shape index (κ1) is 39.1. The number of nitrogens with zero attached hydrogens (tertiary/aromatic N) is 3. The fourth-order valence-corrected chi connectivity index (χ4v) is 3.86. The number of aliphatic hydroxyl groups excluding tert-OH is 1. The van der Waals surface area contributed by atoms with Crippen LogP contribution in [0.1, 0.15) is 59.6 Å². The van der Waals surface area contributed by atoms with Gasteiger partial charge in [-0.15, -0.1) is 0 Å². The van der Waals surface area contributed by atoms with Gasteiger partial charge >= 0.3 is 12.2 Å². The first-order valence-corrected chi connectivity index (χ1v) is 15.0. The molecule has 0 saturated heterocycles. The number of hydrogen-bond acceptors (Lipinski definition) is 8. The number of unbranched alkanes of at least 4 members (excludes halogenated alkanes) is 1. The Labute approximate surface area is 269 Å². The van der Waals surface area contributed by atoms with E-state index in [2.05, 4.69) is 15.8 Å². The molecule has 3 rings (SSSR count). The lowest BCUT2D eigenvalue weighted by molar-refractivity contribution is -0.123. The van der Waals surface area contributed by atoms with Gasteiger partial charge in [-0.05, 0) is 64.0 Å². The maximum atomic E-state index is 13.1. The molecular formula is C33H47N5O8. The molecule has 2 aromatic heterocycles. The van der Waals surface area contributed by atoms with E-state index in [0.29, 0.717) is 24.1 Å². The number of carbonyl (C=O) groups is 4. The standard InChI is InChI=1S/C28H34N4O5.C3H7NO3.C2H6/c1-28(2,3)37-27(36)32-21(18-20-12-9-10-14-23(20)32)19-31-17-11-13-22(26(31)35)29-24(33)15-7-6-8-16-25(34)30(4)5;4-3(6)7-2-1-5;1-2/h8-14,16-18H,6-7,15,19H2,1-5H3,(H,29,33);5H,1-2H2,(H2,4,6);1-2H3/b16-8+;;. The van der Waals surface area contributed by atoms with E-state index in [1.165, 1.54) is 20.1 Å². The first-order valence-electron chi connectivity index (χ1n) is 15.0. The highest BCUT2D eigenvalue weighted by Crippen LogP contribution is 2.22. The Hall–Kier alpha value is -4.91. The van der Waals surface area contributed by atoms with Gasteiger partial charge in [0.05, 0.1) is 18.7 Å². The van der Waals surface area contributed by atoms with E-state index >= 15 is 0 Å². The number of primary amides is 1. The highest BCUT2D eigenvalue weighted by atomic mass is 16.6. The Morgan fingerprint density at radius 1 is 1.07 bits per heavy atom. The number of carbonyl (C=O) groups excluding carboxylic acids is 4. The van der Waals surface area contributed by atoms with E-state index in [4.69, 9.17) is 9.84 Å². The molecule has 0 aliphatic rings. The van der Waals surface area contributed by atoms with Crippen LogP contribution >= 0.6 is 0 Å². The van der Waals surface area contributed by atoms with Crippen LogP contribution < -0.4 is 16.6 Å². The van der Waals surface area contributed by atoms with E-state index in [1.54, 1.807) is 59.3 Å². The van der Waals surface area contributed by atoms with Gasteiger partial charge in [-0.25, -0.2) is 14.2 Å². The predicted molar refractivity (Wildman–Crippen MR) is 178 cm³/mol. The molecular weight excluding hydrogens is 594 g/mol. The molecule has 0 radical (unpaired) electrons. The van der Waals surface area contributed by atoms with Crippen LogP contribution in [0.15, 0.2) is 65.6 Å². The average molecular weight is 642 g/mol. The molecule has 0 aliphatic carbocycles. The van der Waals surface area contributed by atoms with Crippen LogP contribution in [0.4, 0.5) is 15.3 Å². The van der Waals surface area contributed by atoms with Crippen molar-refractivity contribution in [1.29, 1.82) is 0 Å². The summed E-state index contributed by atoms with van der Waals surface area (Å²) in [6.07, 6.45) is 4.76. The van der Waals surface area contributed by atoms with Crippen molar-refractivity contribution in [2.75, 3.05) is 32.6 Å². The van der Waals surface area contributed by atoms with Crippen LogP contribution in [0.2, 0.25) is 0 Å². The second kappa shape index (κ2) is 19.5. The predicted octanol–water partition coefficient (Wildman–Crippen LogP) is 4.49. The quantitative estimate of drug-likeness (QED) is 0.214. The summed E-state index contributed by atoms with van der Waals surface area (Å²) in [7, 11) is 3.34. The lowest BCUT2D eigenvalue weighted by atomic mass is 10.2. The number of aliphatic hydroxyl groups is 1. The minimum Gasteiger partial charge on any atom is -0.447 e. The van der Waals surface area contributed by atoms with Gasteiger partial charge in [0.1, 0.15) is 17.9 Å². The highest BCUT2D eigenvalue weighted by molar-refractivity contribution is 5.91. The number of amides is 3. The number of anilines is 1. The summed E-state index contributed by atoms with van der Waals surface area (Å²) >= 11 is 0. The van der Waals surface area contributed by atoms with Gasteiger partial charge in [-0.3, -0.25) is 14.4 Å². The molecule has 2 heterocycles. The van der Waals surface area contributed by atoms with E-state index in [0.717, 1.165) is 5.39 Å². The molecule has 0 saturated carbocycles. The van der Waals surface area contributed by atoms with E-state index < -0.39 is 17.8 Å². The van der Waals surface area contributed by atoms with E-state index in [9.17, 15) is 24.0 Å². The lowest BCUT2D eigenvalue weighted by Gasteiger charge is -2.21. The Bertz CT molecular complexity index is 1530. The van der Waals surface area contributed by atoms with Crippen LogP contribution in [0, 0.1) is 0 Å². The maximum Gasteiger partial charge on any atom is 0.419 e. The molecule has 0 spiro atoms. The van der Waals surface area contributed by atoms with E-state index in [-0.39, 0.29) is 49.2 Å². The summed E-state index contributed by atoms with van der Waals surface area (Å²) in [4.78, 5) is 61.2. The van der Waals surface area contributed by atoms with Gasteiger partial charge in [0.2, 0.25) is 11.8 Å². The molecule has 13 nitrogen and oxygen atoms in total. The SMILES string of the molecule is CC.CN(C)C(=O)/C=C/CCCC(=O)Nc1cccn(Cc2cc3ccccc3n2C(=O)OC(C)(C)C)c1=O.NC(=O)OCCO. The van der Waals surface area contributed by atoms with Crippen LogP contribution in [0.5, 0.6) is 0 Å². The number of fused-ring (bicyclic) bond motifs is 1. The summed E-state index contributed by atoms with van der Waals surface area (Å²) < 4.78 is 12.6. The van der Waals surface area contributed by atoms with Crippen molar-refractivity contribution in [3.05, 3.63) is 76.9 Å². The van der Waals surface area contributed by atoms with Crippen molar-refractivity contribution < 1.29 is 33.8 Å². The topological polar surface area (TPSA) is 175 Å². The molecule has 0 fully saturated rings. The molecule has 0 aliphatic heterocycles. The van der Waals surface area contributed by atoms with Gasteiger partial charge in [-0.1, -0.05) is 38.1 Å². The van der Waals surface area contributed by atoms with Gasteiger partial charge in [-0.2, -0.15) is 0 Å². The second-order valence-corrected chi connectivity index (χ2v) is 10.8. The van der Waals surface area contributed by atoms with Crippen molar-refractivity contribution in [3.63, 3.8) is 0 Å². The van der Waals surface area contributed by atoms with Gasteiger partial charge in [0, 0.05) is 37.8 Å². The zero-order valence-electron chi connectivity index (χ0n) is 27.7. The molecule has 3 aromatic rings. The van der Waals surface area contributed by atoms with E-state index in [1.807, 2.05) is 44.2 Å². The summed E-state index contributed by atoms with van der Waals surface area (Å²) in [6.45, 7) is 9.31. The summed E-state index contributed by atoms with van der Waals surface area (Å²) in [6, 6.07) is 12.5. The van der Waals surface area contributed by atoms with Crippen molar-refractivity contribution >= 4 is 40.6 Å². The number of allylic oxidation sites excluding steroid dienone is 1. The number of para-hydroxylation sites is 1. The Balaban J connectivity index is 0.00000104. The summed E-state index contributed by atoms with van der Waals surface area (Å²) in [5.74, 6) is -0.398. The average Bonchev–Trinajstić information content (AvgIpc) is 3.36. The maximum absolute atomic E-state index is 13.1. The van der Waals surface area contributed by atoms with Gasteiger partial charge in [0.15, 0.2) is 0 Å². The van der Waals surface area contributed by atoms with Crippen LogP contribution in [0.25, 0.3) is 10.9 Å². The van der Waals surface area contributed by atoms with Crippen molar-refractivity contribution in [1.82, 2.24) is 14.0 Å². The molecule has 4 N–H and O–H groups in total.